The fourth-order valence-corrected chi connectivity index (χ4v) is 3.09. The van der Waals surface area contributed by atoms with Crippen LogP contribution in [-0.4, -0.2) is 31.1 Å². The van der Waals surface area contributed by atoms with Gasteiger partial charge in [0.1, 0.15) is 12.1 Å². The zero-order chi connectivity index (χ0) is 18.1. The summed E-state index contributed by atoms with van der Waals surface area (Å²) in [6.45, 7) is 0. The van der Waals surface area contributed by atoms with Gasteiger partial charge in [-0.2, -0.15) is 5.10 Å². The number of carbonyl (C=O) groups excluding carboxylic acids is 1. The van der Waals surface area contributed by atoms with Gasteiger partial charge < -0.3 is 10.1 Å². The van der Waals surface area contributed by atoms with Crippen LogP contribution in [-0.2, 0) is 0 Å². The number of hydrogen-bond donors (Lipinski definition) is 3. The van der Waals surface area contributed by atoms with E-state index in [0.29, 0.717) is 16.3 Å². The molecule has 0 amide bonds. The summed E-state index contributed by atoms with van der Waals surface area (Å²) in [4.78, 5) is 19.3. The number of aromatic nitrogens is 4. The summed E-state index contributed by atoms with van der Waals surface area (Å²) in [7, 11) is 0. The predicted molar refractivity (Wildman–Crippen MR) is 100 cm³/mol. The largest absolute Gasteiger partial charge is 0.507 e. The second kappa shape index (κ2) is 6.50. The first-order valence-corrected chi connectivity index (χ1v) is 8.19. The summed E-state index contributed by atoms with van der Waals surface area (Å²) in [6, 6.07) is 14.8. The molecular formula is C19H13ClN4O2. The van der Waals surface area contributed by atoms with Crippen molar-refractivity contribution in [1.29, 1.82) is 0 Å². The molecule has 0 atom stereocenters. The second-order valence-electron chi connectivity index (χ2n) is 5.63. The van der Waals surface area contributed by atoms with Crippen LogP contribution >= 0.6 is 11.6 Å². The van der Waals surface area contributed by atoms with Crippen molar-refractivity contribution in [2.75, 3.05) is 0 Å². The Bertz CT molecular complexity index is 1130. The molecule has 4 rings (SSSR count). The first-order chi connectivity index (χ1) is 12.6. The summed E-state index contributed by atoms with van der Waals surface area (Å²) in [5.41, 5.74) is 2.69. The molecule has 3 N–H and O–H groups in total. The van der Waals surface area contributed by atoms with Gasteiger partial charge in [-0.05, 0) is 12.1 Å². The summed E-state index contributed by atoms with van der Waals surface area (Å²) in [5.74, 6) is -0.607. The molecule has 0 unspecified atom stereocenters. The summed E-state index contributed by atoms with van der Waals surface area (Å²) in [5, 5.41) is 18.2. The minimum Gasteiger partial charge on any atom is -0.507 e. The van der Waals surface area contributed by atoms with Gasteiger partial charge in [0, 0.05) is 33.1 Å². The molecule has 2 aromatic heterocycles. The van der Waals surface area contributed by atoms with Crippen molar-refractivity contribution in [3.63, 3.8) is 0 Å². The highest BCUT2D eigenvalue weighted by molar-refractivity contribution is 6.33. The highest BCUT2D eigenvalue weighted by Crippen LogP contribution is 2.37. The van der Waals surface area contributed by atoms with Gasteiger partial charge >= 0.3 is 0 Å². The smallest absolute Gasteiger partial charge is 0.226 e. The lowest BCUT2D eigenvalue weighted by Crippen LogP contribution is -1.99. The van der Waals surface area contributed by atoms with E-state index in [2.05, 4.69) is 20.2 Å². The number of para-hydroxylation sites is 1. The van der Waals surface area contributed by atoms with Crippen LogP contribution in [0.2, 0.25) is 5.02 Å². The Morgan fingerprint density at radius 1 is 1.12 bits per heavy atom. The molecule has 0 radical (unpaired) electrons. The molecule has 2 aromatic carbocycles. The number of rotatable bonds is 4. The Balaban J connectivity index is 1.92. The molecule has 128 valence electrons. The molecule has 0 bridgehead atoms. The summed E-state index contributed by atoms with van der Waals surface area (Å²) >= 11 is 6.34. The van der Waals surface area contributed by atoms with Gasteiger partial charge in [-0.15, -0.1) is 0 Å². The summed E-state index contributed by atoms with van der Waals surface area (Å²) < 4.78 is 0. The maximum Gasteiger partial charge on any atom is 0.226 e. The third-order valence-corrected chi connectivity index (χ3v) is 4.35. The lowest BCUT2D eigenvalue weighted by atomic mass is 10.0. The van der Waals surface area contributed by atoms with Crippen molar-refractivity contribution in [3.05, 3.63) is 77.3 Å². The van der Waals surface area contributed by atoms with Crippen molar-refractivity contribution in [2.45, 2.75) is 0 Å². The zero-order valence-electron chi connectivity index (χ0n) is 13.4. The number of aromatic amines is 2. The molecule has 6 nitrogen and oxygen atoms in total. The fraction of sp³-hybridized carbons (Fsp3) is 0. The van der Waals surface area contributed by atoms with Gasteiger partial charge in [0.15, 0.2) is 5.82 Å². The number of aliphatic hydroxyl groups excluding tert-OH is 1. The Hall–Kier alpha value is -3.38. The fourth-order valence-electron chi connectivity index (χ4n) is 2.86. The molecule has 2 heterocycles. The number of nitrogens with zero attached hydrogens (tertiary/aromatic N) is 2. The van der Waals surface area contributed by atoms with Crippen LogP contribution in [0.15, 0.2) is 60.9 Å². The Morgan fingerprint density at radius 2 is 1.88 bits per heavy atom. The van der Waals surface area contributed by atoms with E-state index in [9.17, 15) is 9.90 Å². The Kier molecular flexibility index (Phi) is 4.02. The van der Waals surface area contributed by atoms with Crippen LogP contribution < -0.4 is 0 Å². The first kappa shape index (κ1) is 16.1. The maximum atomic E-state index is 12.3. The Labute approximate surface area is 153 Å². The van der Waals surface area contributed by atoms with E-state index in [0.717, 1.165) is 22.5 Å². The highest BCUT2D eigenvalue weighted by atomic mass is 35.5. The topological polar surface area (TPSA) is 94.7 Å². The number of halogens is 1. The SMILES string of the molecule is O=C(/C=C(\O)c1c(-c2ccccc2Cl)[nH]c2ccccc12)c1ncn[nH]1. The standard InChI is InChI=1S/C19H13ClN4O2/c20-13-7-3-1-5-11(13)18-17(12-6-2-4-8-14(12)23-18)15(25)9-16(26)19-21-10-22-24-19/h1-10,23,25H,(H,21,22,24)/b15-9-. The molecule has 26 heavy (non-hydrogen) atoms. The number of fused-ring (bicyclic) bond motifs is 1. The van der Waals surface area contributed by atoms with E-state index in [4.69, 9.17) is 11.6 Å². The number of hydrogen-bond acceptors (Lipinski definition) is 4. The molecule has 7 heteroatoms. The quantitative estimate of drug-likeness (QED) is 0.284. The number of benzene rings is 2. The van der Waals surface area contributed by atoms with Crippen LogP contribution in [0.3, 0.4) is 0 Å². The monoisotopic (exact) mass is 364 g/mol. The van der Waals surface area contributed by atoms with Gasteiger partial charge in [-0.25, -0.2) is 4.98 Å². The lowest BCUT2D eigenvalue weighted by molar-refractivity contribution is 0.103. The van der Waals surface area contributed by atoms with Crippen molar-refractivity contribution >= 4 is 34.0 Å². The molecule has 0 saturated carbocycles. The van der Waals surface area contributed by atoms with Gasteiger partial charge in [-0.3, -0.25) is 9.89 Å². The number of allylic oxidation sites excluding steroid dienone is 1. The number of carbonyl (C=O) groups is 1. The zero-order valence-corrected chi connectivity index (χ0v) is 14.2. The van der Waals surface area contributed by atoms with E-state index in [-0.39, 0.29) is 11.6 Å². The molecule has 0 fully saturated rings. The number of nitrogens with one attached hydrogen (secondary N) is 2. The Morgan fingerprint density at radius 3 is 2.65 bits per heavy atom. The molecule has 0 aliphatic rings. The van der Waals surface area contributed by atoms with Crippen LogP contribution in [0.5, 0.6) is 0 Å². The van der Waals surface area contributed by atoms with Gasteiger partial charge in [0.25, 0.3) is 0 Å². The van der Waals surface area contributed by atoms with Crippen molar-refractivity contribution in [1.82, 2.24) is 20.2 Å². The lowest BCUT2D eigenvalue weighted by Gasteiger charge is -2.06. The van der Waals surface area contributed by atoms with Gasteiger partial charge in [-0.1, -0.05) is 48.0 Å². The third-order valence-electron chi connectivity index (χ3n) is 4.02. The highest BCUT2D eigenvalue weighted by Gasteiger charge is 2.19. The molecule has 0 spiro atoms. The van der Waals surface area contributed by atoms with E-state index in [1.54, 1.807) is 6.07 Å². The summed E-state index contributed by atoms with van der Waals surface area (Å²) in [6.07, 6.45) is 2.36. The number of H-pyrrole nitrogens is 2. The normalized spacial score (nSPS) is 11.8. The van der Waals surface area contributed by atoms with Crippen LogP contribution in [0, 0.1) is 0 Å². The van der Waals surface area contributed by atoms with Crippen molar-refractivity contribution in [3.8, 4) is 11.3 Å². The molecule has 0 aliphatic heterocycles. The molecule has 0 saturated heterocycles. The van der Waals surface area contributed by atoms with Crippen LogP contribution in [0.4, 0.5) is 0 Å². The van der Waals surface area contributed by atoms with Crippen molar-refractivity contribution < 1.29 is 9.90 Å². The maximum absolute atomic E-state index is 12.3. The number of ketones is 1. The minimum atomic E-state index is -0.476. The molecule has 4 aromatic rings. The van der Waals surface area contributed by atoms with E-state index in [1.807, 2.05) is 42.5 Å². The number of aliphatic hydroxyl groups is 1. The van der Waals surface area contributed by atoms with Gasteiger partial charge in [0.2, 0.25) is 5.78 Å². The average Bonchev–Trinajstić information content (AvgIpc) is 3.30. The molecular weight excluding hydrogens is 352 g/mol. The van der Waals surface area contributed by atoms with E-state index in [1.165, 1.54) is 6.33 Å². The average molecular weight is 365 g/mol. The van der Waals surface area contributed by atoms with Crippen LogP contribution in [0.1, 0.15) is 16.2 Å². The van der Waals surface area contributed by atoms with Crippen LogP contribution in [0.25, 0.3) is 27.9 Å². The minimum absolute atomic E-state index is 0.0516. The van der Waals surface area contributed by atoms with E-state index < -0.39 is 5.78 Å². The molecule has 0 aliphatic carbocycles. The van der Waals surface area contributed by atoms with Crippen molar-refractivity contribution in [2.24, 2.45) is 0 Å². The first-order valence-electron chi connectivity index (χ1n) is 7.81. The predicted octanol–water partition coefficient (Wildman–Crippen LogP) is 4.39. The van der Waals surface area contributed by atoms with Gasteiger partial charge in [0.05, 0.1) is 5.69 Å². The third kappa shape index (κ3) is 2.76. The van der Waals surface area contributed by atoms with E-state index >= 15 is 0 Å². The second-order valence-corrected chi connectivity index (χ2v) is 6.04.